The van der Waals surface area contributed by atoms with E-state index in [0.717, 1.165) is 16.5 Å². The highest BCUT2D eigenvalue weighted by atomic mass is 19.1. The molecule has 1 aliphatic rings. The number of pyridine rings is 4. The van der Waals surface area contributed by atoms with Crippen molar-refractivity contribution in [1.29, 1.82) is 0 Å². The standard InChI is InChI=1S/C23H19FN6O2/c1-11-5-18(13-3-2-4-26-22(13)31)27-9-15(11)19-6-12-7-20(28-10-16(12)21(25)29-19)30-23(32)14-8-17(14)24/h2-7,9-10,14,17H,8H2,1H3,(H2,25,29)(H,26,31)(H,28,30,32)/t14?,17-/m1/s1. The summed E-state index contributed by atoms with van der Waals surface area (Å²) in [5.74, 6) is -0.365. The van der Waals surface area contributed by atoms with Crippen LogP contribution in [0.5, 0.6) is 0 Å². The molecule has 32 heavy (non-hydrogen) atoms. The molecule has 0 aliphatic heterocycles. The van der Waals surface area contributed by atoms with Gasteiger partial charge in [-0.05, 0) is 54.6 Å². The smallest absolute Gasteiger partial charge is 0.257 e. The summed E-state index contributed by atoms with van der Waals surface area (Å²) in [5.41, 5.74) is 9.21. The van der Waals surface area contributed by atoms with Gasteiger partial charge in [0.1, 0.15) is 17.8 Å². The summed E-state index contributed by atoms with van der Waals surface area (Å²) in [5, 5.41) is 4.02. The van der Waals surface area contributed by atoms with Gasteiger partial charge in [0.25, 0.3) is 5.56 Å². The molecule has 4 heterocycles. The van der Waals surface area contributed by atoms with E-state index in [2.05, 4.69) is 25.3 Å². The summed E-state index contributed by atoms with van der Waals surface area (Å²) in [6.07, 6.45) is 3.93. The van der Waals surface area contributed by atoms with Gasteiger partial charge in [-0.15, -0.1) is 0 Å². The molecule has 1 amide bonds. The molecule has 0 saturated heterocycles. The molecule has 0 aromatic carbocycles. The number of halogens is 1. The molecule has 1 fully saturated rings. The number of anilines is 2. The lowest BCUT2D eigenvalue weighted by molar-refractivity contribution is -0.117. The van der Waals surface area contributed by atoms with Gasteiger partial charge in [0.05, 0.1) is 22.9 Å². The number of aryl methyl sites for hydroxylation is 1. The van der Waals surface area contributed by atoms with Gasteiger partial charge < -0.3 is 16.0 Å². The zero-order valence-electron chi connectivity index (χ0n) is 17.1. The third-order valence-electron chi connectivity index (χ3n) is 5.53. The van der Waals surface area contributed by atoms with Crippen molar-refractivity contribution in [2.75, 3.05) is 11.1 Å². The first-order valence-electron chi connectivity index (χ1n) is 10.1. The van der Waals surface area contributed by atoms with Gasteiger partial charge in [-0.2, -0.15) is 0 Å². The molecule has 4 aromatic rings. The quantitative estimate of drug-likeness (QED) is 0.456. The van der Waals surface area contributed by atoms with Crippen molar-refractivity contribution in [3.8, 4) is 22.5 Å². The number of nitrogens with two attached hydrogens (primary N) is 1. The summed E-state index contributed by atoms with van der Waals surface area (Å²) >= 11 is 0. The summed E-state index contributed by atoms with van der Waals surface area (Å²) in [6.45, 7) is 1.90. The van der Waals surface area contributed by atoms with Gasteiger partial charge in [0.2, 0.25) is 5.91 Å². The predicted octanol–water partition coefficient (Wildman–Crippen LogP) is 3.23. The van der Waals surface area contributed by atoms with E-state index in [1.165, 1.54) is 6.20 Å². The number of rotatable bonds is 4. The number of alkyl halides is 1. The number of aromatic nitrogens is 4. The molecule has 2 atom stereocenters. The lowest BCUT2D eigenvalue weighted by Gasteiger charge is -2.11. The van der Waals surface area contributed by atoms with Crippen molar-refractivity contribution >= 4 is 28.3 Å². The van der Waals surface area contributed by atoms with Gasteiger partial charge in [-0.3, -0.25) is 14.6 Å². The number of carbonyl (C=O) groups is 1. The molecule has 1 saturated carbocycles. The lowest BCUT2D eigenvalue weighted by Crippen LogP contribution is -2.15. The summed E-state index contributed by atoms with van der Waals surface area (Å²) in [6, 6.07) is 8.79. The average Bonchev–Trinajstić information content (AvgIpc) is 3.50. The number of H-pyrrole nitrogens is 1. The van der Waals surface area contributed by atoms with Crippen LogP contribution in [0.3, 0.4) is 0 Å². The van der Waals surface area contributed by atoms with Crippen LogP contribution in [0.4, 0.5) is 16.0 Å². The van der Waals surface area contributed by atoms with E-state index in [0.29, 0.717) is 28.2 Å². The van der Waals surface area contributed by atoms with E-state index in [4.69, 9.17) is 5.73 Å². The van der Waals surface area contributed by atoms with Crippen LogP contribution >= 0.6 is 0 Å². The molecule has 4 aromatic heterocycles. The molecule has 4 N–H and O–H groups in total. The minimum absolute atomic E-state index is 0.215. The van der Waals surface area contributed by atoms with Crippen LogP contribution in [0.2, 0.25) is 0 Å². The molecule has 1 aliphatic carbocycles. The lowest BCUT2D eigenvalue weighted by atomic mass is 10.0. The summed E-state index contributed by atoms with van der Waals surface area (Å²) in [7, 11) is 0. The number of nitrogens with zero attached hydrogens (tertiary/aromatic N) is 3. The minimum Gasteiger partial charge on any atom is -0.383 e. The van der Waals surface area contributed by atoms with E-state index >= 15 is 0 Å². The molecule has 0 bridgehead atoms. The van der Waals surface area contributed by atoms with Crippen LogP contribution in [-0.4, -0.2) is 32.0 Å². The third kappa shape index (κ3) is 3.58. The van der Waals surface area contributed by atoms with Gasteiger partial charge >= 0.3 is 0 Å². The Morgan fingerprint density at radius 1 is 1.19 bits per heavy atom. The van der Waals surface area contributed by atoms with Crippen molar-refractivity contribution in [3.63, 3.8) is 0 Å². The second-order valence-electron chi connectivity index (χ2n) is 7.83. The maximum absolute atomic E-state index is 13.1. The van der Waals surface area contributed by atoms with Crippen LogP contribution in [0.25, 0.3) is 33.3 Å². The second-order valence-corrected chi connectivity index (χ2v) is 7.83. The number of nitrogen functional groups attached to an aromatic ring is 1. The SMILES string of the molecule is Cc1cc(-c2ccc[nH]c2=O)ncc1-c1cc2cc(NC(=O)C3C[C@H]3F)ncc2c(N)n1. The monoisotopic (exact) mass is 430 g/mol. The van der Waals surface area contributed by atoms with Crippen LogP contribution in [-0.2, 0) is 4.79 Å². The molecular weight excluding hydrogens is 411 g/mol. The van der Waals surface area contributed by atoms with E-state index in [1.807, 2.05) is 19.1 Å². The highest BCUT2D eigenvalue weighted by Crippen LogP contribution is 2.35. The van der Waals surface area contributed by atoms with E-state index in [-0.39, 0.29) is 23.7 Å². The fourth-order valence-electron chi connectivity index (χ4n) is 3.63. The number of amides is 1. The minimum atomic E-state index is -1.08. The Morgan fingerprint density at radius 3 is 2.72 bits per heavy atom. The van der Waals surface area contributed by atoms with E-state index < -0.39 is 12.1 Å². The van der Waals surface area contributed by atoms with Gasteiger partial charge in [0.15, 0.2) is 0 Å². The van der Waals surface area contributed by atoms with Crippen LogP contribution in [0, 0.1) is 12.8 Å². The van der Waals surface area contributed by atoms with E-state index in [1.54, 1.807) is 30.6 Å². The van der Waals surface area contributed by atoms with Crippen LogP contribution in [0.1, 0.15) is 12.0 Å². The molecule has 5 rings (SSSR count). The largest absolute Gasteiger partial charge is 0.383 e. The van der Waals surface area contributed by atoms with Crippen molar-refractivity contribution in [3.05, 3.63) is 64.8 Å². The van der Waals surface area contributed by atoms with Crippen molar-refractivity contribution < 1.29 is 9.18 Å². The maximum Gasteiger partial charge on any atom is 0.257 e. The Bertz CT molecular complexity index is 1430. The Kier molecular flexibility index (Phi) is 4.66. The first kappa shape index (κ1) is 19.8. The summed E-state index contributed by atoms with van der Waals surface area (Å²) < 4.78 is 13.1. The number of hydrogen-bond donors (Lipinski definition) is 3. The molecule has 8 nitrogen and oxygen atoms in total. The Balaban J connectivity index is 1.51. The number of carbonyl (C=O) groups excluding carboxylic acids is 1. The van der Waals surface area contributed by atoms with Crippen LogP contribution < -0.4 is 16.6 Å². The topological polar surface area (TPSA) is 127 Å². The second kappa shape index (κ2) is 7.52. The number of aromatic amines is 1. The number of hydrogen-bond acceptors (Lipinski definition) is 6. The Hall–Kier alpha value is -4.14. The predicted molar refractivity (Wildman–Crippen MR) is 120 cm³/mol. The van der Waals surface area contributed by atoms with Gasteiger partial charge in [0, 0.05) is 29.5 Å². The number of fused-ring (bicyclic) bond motifs is 1. The fourth-order valence-corrected chi connectivity index (χ4v) is 3.63. The zero-order valence-corrected chi connectivity index (χ0v) is 17.1. The molecule has 0 spiro atoms. The van der Waals surface area contributed by atoms with Gasteiger partial charge in [-0.25, -0.2) is 14.4 Å². The van der Waals surface area contributed by atoms with Crippen molar-refractivity contribution in [2.24, 2.45) is 5.92 Å². The zero-order chi connectivity index (χ0) is 22.4. The molecule has 9 heteroatoms. The normalized spacial score (nSPS) is 17.3. The van der Waals surface area contributed by atoms with Crippen molar-refractivity contribution in [2.45, 2.75) is 19.5 Å². The first-order valence-corrected chi connectivity index (χ1v) is 10.1. The third-order valence-corrected chi connectivity index (χ3v) is 5.53. The average molecular weight is 430 g/mol. The summed E-state index contributed by atoms with van der Waals surface area (Å²) in [4.78, 5) is 39.9. The molecule has 1 unspecified atom stereocenters. The van der Waals surface area contributed by atoms with E-state index in [9.17, 15) is 14.0 Å². The first-order chi connectivity index (χ1) is 15.4. The highest BCUT2D eigenvalue weighted by Gasteiger charge is 2.43. The Morgan fingerprint density at radius 2 is 2.00 bits per heavy atom. The fraction of sp³-hybridized carbons (Fsp3) is 0.174. The Labute approximate surface area is 181 Å². The molecular formula is C23H19FN6O2. The maximum atomic E-state index is 13.1. The van der Waals surface area contributed by atoms with Crippen LogP contribution in [0.15, 0.2) is 53.7 Å². The number of nitrogens with one attached hydrogen (secondary N) is 2. The molecule has 0 radical (unpaired) electrons. The molecule has 160 valence electrons. The van der Waals surface area contributed by atoms with Gasteiger partial charge in [-0.1, -0.05) is 0 Å². The van der Waals surface area contributed by atoms with Crippen molar-refractivity contribution in [1.82, 2.24) is 19.9 Å². The highest BCUT2D eigenvalue weighted by molar-refractivity contribution is 5.98.